The zero-order valence-electron chi connectivity index (χ0n) is 15.4. The van der Waals surface area contributed by atoms with Gasteiger partial charge in [-0.3, -0.25) is 4.90 Å². The minimum Gasteiger partial charge on any atom is -0.494 e. The van der Waals surface area contributed by atoms with Crippen molar-refractivity contribution in [2.24, 2.45) is 0 Å². The molecular formula is C20H25N3O3. The topological polar surface area (TPSA) is 90.8 Å². The monoisotopic (exact) mass is 355 g/mol. The number of nitrogens with two attached hydrogens (primary N) is 2. The van der Waals surface area contributed by atoms with Crippen LogP contribution in [-0.4, -0.2) is 19.3 Å². The number of anilines is 3. The highest BCUT2D eigenvalue weighted by Gasteiger charge is 2.36. The highest BCUT2D eigenvalue weighted by atomic mass is 16.6. The smallest absolute Gasteiger partial charge is 0.415 e. The van der Waals surface area contributed by atoms with Crippen LogP contribution in [0.4, 0.5) is 21.9 Å². The highest BCUT2D eigenvalue weighted by molar-refractivity contribution is 5.94. The van der Waals surface area contributed by atoms with Crippen molar-refractivity contribution >= 4 is 23.2 Å². The van der Waals surface area contributed by atoms with E-state index in [0.29, 0.717) is 18.0 Å². The third kappa shape index (κ3) is 3.14. The van der Waals surface area contributed by atoms with Crippen LogP contribution in [0.1, 0.15) is 36.1 Å². The molecule has 1 aliphatic heterocycles. The molecule has 4 N–H and O–H groups in total. The van der Waals surface area contributed by atoms with E-state index < -0.39 is 0 Å². The number of amides is 1. The Hall–Kier alpha value is -2.89. The molecule has 0 radical (unpaired) electrons. The minimum atomic E-state index is -0.381. The molecule has 0 saturated carbocycles. The molecule has 0 aliphatic carbocycles. The second-order valence-corrected chi connectivity index (χ2v) is 6.53. The van der Waals surface area contributed by atoms with Crippen LogP contribution in [0.15, 0.2) is 30.3 Å². The maximum absolute atomic E-state index is 12.4. The van der Waals surface area contributed by atoms with E-state index in [-0.39, 0.29) is 18.7 Å². The normalized spacial score (nSPS) is 16.7. The molecule has 6 heteroatoms. The molecule has 1 amide bonds. The summed E-state index contributed by atoms with van der Waals surface area (Å²) in [5.41, 5.74) is 16.6. The molecule has 1 unspecified atom stereocenters. The quantitative estimate of drug-likeness (QED) is 0.792. The Balaban J connectivity index is 1.95. The second kappa shape index (κ2) is 7.15. The number of hydrogen-bond acceptors (Lipinski definition) is 5. The molecule has 0 bridgehead atoms. The maximum atomic E-state index is 12.4. The second-order valence-electron chi connectivity index (χ2n) is 6.53. The Bertz CT molecular complexity index is 818. The summed E-state index contributed by atoms with van der Waals surface area (Å²) in [6.45, 7) is 6.87. The van der Waals surface area contributed by atoms with E-state index >= 15 is 0 Å². The summed E-state index contributed by atoms with van der Waals surface area (Å²) in [7, 11) is 0. The number of nitrogens with zero attached hydrogens (tertiary/aromatic N) is 1. The number of cyclic esters (lactones) is 1. The number of benzene rings is 2. The van der Waals surface area contributed by atoms with Gasteiger partial charge in [0.15, 0.2) is 0 Å². The third-order valence-electron chi connectivity index (χ3n) is 4.82. The highest BCUT2D eigenvalue weighted by Crippen LogP contribution is 2.39. The van der Waals surface area contributed by atoms with Crippen LogP contribution < -0.4 is 21.1 Å². The first kappa shape index (κ1) is 17.9. The van der Waals surface area contributed by atoms with E-state index in [1.165, 1.54) is 0 Å². The number of carbonyl (C=O) groups is 1. The van der Waals surface area contributed by atoms with Crippen LogP contribution in [0.2, 0.25) is 0 Å². The average molecular weight is 355 g/mol. The molecule has 26 heavy (non-hydrogen) atoms. The van der Waals surface area contributed by atoms with Crippen LogP contribution in [0.25, 0.3) is 0 Å². The maximum Gasteiger partial charge on any atom is 0.415 e. The zero-order valence-corrected chi connectivity index (χ0v) is 15.4. The van der Waals surface area contributed by atoms with Crippen LogP contribution in [0.3, 0.4) is 0 Å². The van der Waals surface area contributed by atoms with Crippen molar-refractivity contribution in [1.29, 1.82) is 0 Å². The summed E-state index contributed by atoms with van der Waals surface area (Å²) in [4.78, 5) is 14.1. The number of nitrogen functional groups attached to an aromatic ring is 2. The standard InChI is InChI=1S/C20H25N3O3/c1-4-9-25-15-7-5-14(6-8-15)18-11-26-20(24)23(18)17-10-16(21)19(22)13(3)12(17)2/h5-8,10,18H,4,9,11,21-22H2,1-3H3. The predicted octanol–water partition coefficient (Wildman–Crippen LogP) is 3.95. The Morgan fingerprint density at radius 3 is 2.54 bits per heavy atom. The first-order valence-corrected chi connectivity index (χ1v) is 8.78. The molecule has 2 aromatic rings. The number of rotatable bonds is 5. The summed E-state index contributed by atoms with van der Waals surface area (Å²) < 4.78 is 11.0. The Morgan fingerprint density at radius 2 is 1.88 bits per heavy atom. The van der Waals surface area contributed by atoms with Crippen molar-refractivity contribution < 1.29 is 14.3 Å². The van der Waals surface area contributed by atoms with Gasteiger partial charge in [0.1, 0.15) is 12.4 Å². The van der Waals surface area contributed by atoms with Crippen LogP contribution in [0.5, 0.6) is 5.75 Å². The molecule has 3 rings (SSSR count). The van der Waals surface area contributed by atoms with Gasteiger partial charge in [-0.25, -0.2) is 4.79 Å². The molecule has 1 heterocycles. The average Bonchev–Trinajstić information content (AvgIpc) is 3.03. The molecule has 138 valence electrons. The van der Waals surface area contributed by atoms with E-state index in [2.05, 4.69) is 6.92 Å². The fourth-order valence-electron chi connectivity index (χ4n) is 3.13. The zero-order chi connectivity index (χ0) is 18.8. The molecule has 1 fully saturated rings. The summed E-state index contributed by atoms with van der Waals surface area (Å²) >= 11 is 0. The number of carbonyl (C=O) groups excluding carboxylic acids is 1. The van der Waals surface area contributed by atoms with Crippen molar-refractivity contribution in [3.8, 4) is 5.75 Å². The molecule has 2 aromatic carbocycles. The van der Waals surface area contributed by atoms with E-state index in [0.717, 1.165) is 34.5 Å². The fraction of sp³-hybridized carbons (Fsp3) is 0.350. The number of ether oxygens (including phenoxy) is 2. The first-order chi connectivity index (χ1) is 12.4. The summed E-state index contributed by atoms with van der Waals surface area (Å²) in [6, 6.07) is 9.29. The predicted molar refractivity (Wildman–Crippen MR) is 104 cm³/mol. The van der Waals surface area contributed by atoms with Gasteiger partial charge in [0.05, 0.1) is 29.7 Å². The van der Waals surface area contributed by atoms with Crippen molar-refractivity contribution in [2.45, 2.75) is 33.2 Å². The molecule has 1 atom stereocenters. The Labute approximate surface area is 153 Å². The third-order valence-corrected chi connectivity index (χ3v) is 4.82. The molecule has 6 nitrogen and oxygen atoms in total. The van der Waals surface area contributed by atoms with Crippen molar-refractivity contribution in [3.63, 3.8) is 0 Å². The van der Waals surface area contributed by atoms with Gasteiger partial charge in [-0.1, -0.05) is 19.1 Å². The SMILES string of the molecule is CCCOc1ccc(C2COC(=O)N2c2cc(N)c(N)c(C)c2C)cc1. The minimum absolute atomic E-state index is 0.219. The summed E-state index contributed by atoms with van der Waals surface area (Å²) in [5, 5.41) is 0. The lowest BCUT2D eigenvalue weighted by Gasteiger charge is -2.25. The van der Waals surface area contributed by atoms with Gasteiger partial charge in [-0.2, -0.15) is 0 Å². The van der Waals surface area contributed by atoms with E-state index in [9.17, 15) is 4.79 Å². The van der Waals surface area contributed by atoms with Crippen molar-refractivity contribution in [2.75, 3.05) is 29.6 Å². The van der Waals surface area contributed by atoms with E-state index in [1.807, 2.05) is 38.1 Å². The van der Waals surface area contributed by atoms with Gasteiger partial charge in [0.2, 0.25) is 0 Å². The summed E-state index contributed by atoms with van der Waals surface area (Å²) in [6.07, 6.45) is 0.575. The van der Waals surface area contributed by atoms with Crippen LogP contribution in [0, 0.1) is 13.8 Å². The van der Waals surface area contributed by atoms with Crippen LogP contribution in [-0.2, 0) is 4.74 Å². The van der Waals surface area contributed by atoms with Gasteiger partial charge < -0.3 is 20.9 Å². The molecular weight excluding hydrogens is 330 g/mol. The van der Waals surface area contributed by atoms with Gasteiger partial charge in [0.25, 0.3) is 0 Å². The molecule has 1 aliphatic rings. The molecule has 0 aromatic heterocycles. The largest absolute Gasteiger partial charge is 0.494 e. The van der Waals surface area contributed by atoms with Crippen molar-refractivity contribution in [3.05, 3.63) is 47.0 Å². The van der Waals surface area contributed by atoms with Gasteiger partial charge in [-0.05, 0) is 55.2 Å². The van der Waals surface area contributed by atoms with Gasteiger partial charge >= 0.3 is 6.09 Å². The first-order valence-electron chi connectivity index (χ1n) is 8.78. The van der Waals surface area contributed by atoms with Gasteiger partial charge in [-0.15, -0.1) is 0 Å². The lowest BCUT2D eigenvalue weighted by Crippen LogP contribution is -2.28. The van der Waals surface area contributed by atoms with Crippen molar-refractivity contribution in [1.82, 2.24) is 0 Å². The number of hydrogen-bond donors (Lipinski definition) is 2. The lowest BCUT2D eigenvalue weighted by atomic mass is 10.0. The Morgan fingerprint density at radius 1 is 1.19 bits per heavy atom. The Kier molecular flexibility index (Phi) is 4.93. The summed E-state index contributed by atoms with van der Waals surface area (Å²) in [5.74, 6) is 0.816. The van der Waals surface area contributed by atoms with E-state index in [1.54, 1.807) is 11.0 Å². The van der Waals surface area contributed by atoms with Gasteiger partial charge in [0, 0.05) is 0 Å². The van der Waals surface area contributed by atoms with E-state index in [4.69, 9.17) is 20.9 Å². The fourth-order valence-corrected chi connectivity index (χ4v) is 3.13. The lowest BCUT2D eigenvalue weighted by molar-refractivity contribution is 0.179. The molecule has 1 saturated heterocycles. The molecule has 0 spiro atoms. The van der Waals surface area contributed by atoms with Crippen LogP contribution >= 0.6 is 0 Å².